The summed E-state index contributed by atoms with van der Waals surface area (Å²) in [6.07, 6.45) is 0.893. The zero-order chi connectivity index (χ0) is 23.5. The molecule has 0 aliphatic heterocycles. The Hall–Kier alpha value is -3.41. The van der Waals surface area contributed by atoms with Crippen molar-refractivity contribution in [3.63, 3.8) is 0 Å². The summed E-state index contributed by atoms with van der Waals surface area (Å²) < 4.78 is 0. The number of anilines is 2. The van der Waals surface area contributed by atoms with E-state index in [2.05, 4.69) is 54.0 Å². The van der Waals surface area contributed by atoms with E-state index in [-0.39, 0.29) is 5.78 Å². The first-order valence-corrected chi connectivity index (χ1v) is 12.6. The second kappa shape index (κ2) is 9.84. The van der Waals surface area contributed by atoms with Gasteiger partial charge >= 0.3 is 0 Å². The zero-order valence-corrected chi connectivity index (χ0v) is 20.4. The van der Waals surface area contributed by atoms with Crippen molar-refractivity contribution < 1.29 is 4.79 Å². The van der Waals surface area contributed by atoms with E-state index in [9.17, 15) is 4.79 Å². The van der Waals surface area contributed by atoms with Gasteiger partial charge in [0.25, 0.3) is 0 Å². The van der Waals surface area contributed by atoms with Gasteiger partial charge in [-0.1, -0.05) is 60.2 Å². The summed E-state index contributed by atoms with van der Waals surface area (Å²) in [6, 6.07) is 30.6. The molecule has 0 spiro atoms. The van der Waals surface area contributed by atoms with Crippen molar-refractivity contribution in [3.8, 4) is 11.1 Å². The first-order valence-electron chi connectivity index (χ1n) is 11.2. The number of hydrogen-bond acceptors (Lipinski definition) is 3. The molecule has 0 fully saturated rings. The van der Waals surface area contributed by atoms with Crippen molar-refractivity contribution in [1.29, 1.82) is 0 Å². The van der Waals surface area contributed by atoms with Gasteiger partial charge in [-0.15, -0.1) is 11.8 Å². The van der Waals surface area contributed by atoms with Crippen LogP contribution in [0.1, 0.15) is 27.0 Å². The molecule has 1 aliphatic carbocycles. The fourth-order valence-corrected chi connectivity index (χ4v) is 5.23. The SMILES string of the molecule is Cc1ccc(NC(=S)Nc2cccc(SCC(=O)c3ccc4c(c3)Cc3ccccc3-4)c2)cc1. The third kappa shape index (κ3) is 5.06. The van der Waals surface area contributed by atoms with Gasteiger partial charge in [-0.05, 0) is 84.2 Å². The van der Waals surface area contributed by atoms with Crippen LogP contribution in [0.25, 0.3) is 11.1 Å². The average Bonchev–Trinajstić information content (AvgIpc) is 3.22. The molecule has 4 aromatic rings. The van der Waals surface area contributed by atoms with Crippen LogP contribution in [0.5, 0.6) is 0 Å². The van der Waals surface area contributed by atoms with E-state index in [1.165, 1.54) is 39.6 Å². The molecule has 0 aromatic heterocycles. The Bertz CT molecular complexity index is 1380. The van der Waals surface area contributed by atoms with Gasteiger partial charge in [-0.3, -0.25) is 4.79 Å². The molecule has 0 saturated heterocycles. The molecular formula is C29H24N2OS2. The fourth-order valence-electron chi connectivity index (χ4n) is 4.14. The van der Waals surface area contributed by atoms with Crippen LogP contribution in [-0.4, -0.2) is 16.6 Å². The molecule has 0 heterocycles. The largest absolute Gasteiger partial charge is 0.332 e. The summed E-state index contributed by atoms with van der Waals surface area (Å²) in [7, 11) is 0. The lowest BCUT2D eigenvalue weighted by Gasteiger charge is -2.12. The number of carbonyl (C=O) groups is 1. The van der Waals surface area contributed by atoms with Crippen LogP contribution >= 0.6 is 24.0 Å². The summed E-state index contributed by atoms with van der Waals surface area (Å²) in [5, 5.41) is 6.95. The number of fused-ring (bicyclic) bond motifs is 3. The van der Waals surface area contributed by atoms with Gasteiger partial charge in [0.05, 0.1) is 5.75 Å². The molecule has 5 heteroatoms. The van der Waals surface area contributed by atoms with Crippen LogP contribution in [-0.2, 0) is 6.42 Å². The minimum Gasteiger partial charge on any atom is -0.332 e. The number of Topliss-reactive ketones (excluding diaryl/α,β-unsaturated/α-hetero) is 1. The lowest BCUT2D eigenvalue weighted by Crippen LogP contribution is -2.18. The van der Waals surface area contributed by atoms with Gasteiger partial charge in [0.1, 0.15) is 0 Å². The highest BCUT2D eigenvalue weighted by Gasteiger charge is 2.19. The number of carbonyl (C=O) groups excluding carboxylic acids is 1. The smallest absolute Gasteiger partial charge is 0.175 e. The minimum absolute atomic E-state index is 0.138. The molecule has 0 amide bonds. The predicted octanol–water partition coefficient (Wildman–Crippen LogP) is 7.35. The molecule has 0 unspecified atom stereocenters. The standard InChI is InChI=1S/C29H24N2OS2/c1-19-9-12-23(13-10-19)30-29(33)31-24-6-4-7-25(17-24)34-18-28(32)21-11-14-27-22(16-21)15-20-5-2-3-8-26(20)27/h2-14,16-17H,15,18H2,1H3,(H2,30,31,33). The monoisotopic (exact) mass is 480 g/mol. The number of aryl methyl sites for hydroxylation is 1. The quantitative estimate of drug-likeness (QED) is 0.151. The Morgan fingerprint density at radius 3 is 2.44 bits per heavy atom. The van der Waals surface area contributed by atoms with E-state index in [0.29, 0.717) is 10.9 Å². The van der Waals surface area contributed by atoms with Crippen LogP contribution in [0.2, 0.25) is 0 Å². The molecule has 4 aromatic carbocycles. The maximum Gasteiger partial charge on any atom is 0.175 e. The van der Waals surface area contributed by atoms with Crippen molar-refractivity contribution in [1.82, 2.24) is 0 Å². The van der Waals surface area contributed by atoms with Crippen molar-refractivity contribution in [3.05, 3.63) is 113 Å². The molecule has 3 nitrogen and oxygen atoms in total. The van der Waals surface area contributed by atoms with Crippen LogP contribution in [0.15, 0.2) is 95.9 Å². The lowest BCUT2D eigenvalue weighted by molar-refractivity contribution is 0.102. The maximum absolute atomic E-state index is 12.9. The summed E-state index contributed by atoms with van der Waals surface area (Å²) >= 11 is 6.98. The van der Waals surface area contributed by atoms with Crippen LogP contribution in [0.4, 0.5) is 11.4 Å². The Labute approximate surface area is 209 Å². The van der Waals surface area contributed by atoms with Gasteiger partial charge in [-0.2, -0.15) is 0 Å². The Morgan fingerprint density at radius 1 is 0.824 bits per heavy atom. The number of thiocarbonyl (C=S) groups is 1. The number of nitrogens with one attached hydrogen (secondary N) is 2. The topological polar surface area (TPSA) is 41.1 Å². The van der Waals surface area contributed by atoms with E-state index in [0.717, 1.165) is 28.3 Å². The number of benzene rings is 4. The van der Waals surface area contributed by atoms with Crippen LogP contribution in [0.3, 0.4) is 0 Å². The Morgan fingerprint density at radius 2 is 1.59 bits per heavy atom. The third-order valence-electron chi connectivity index (χ3n) is 5.89. The molecule has 2 N–H and O–H groups in total. The molecule has 168 valence electrons. The molecule has 0 bridgehead atoms. The normalized spacial score (nSPS) is 11.4. The minimum atomic E-state index is 0.138. The first-order chi connectivity index (χ1) is 16.5. The number of rotatable bonds is 6. The van der Waals surface area contributed by atoms with E-state index >= 15 is 0 Å². The molecule has 1 aliphatic rings. The molecule has 0 radical (unpaired) electrons. The van der Waals surface area contributed by atoms with Crippen LogP contribution < -0.4 is 10.6 Å². The highest BCUT2D eigenvalue weighted by molar-refractivity contribution is 8.00. The van der Waals surface area contributed by atoms with Gasteiger partial charge in [0, 0.05) is 21.8 Å². The van der Waals surface area contributed by atoms with Crippen molar-refractivity contribution >= 4 is 46.3 Å². The summed E-state index contributed by atoms with van der Waals surface area (Å²) in [5.74, 6) is 0.528. The van der Waals surface area contributed by atoms with E-state index in [1.54, 1.807) is 0 Å². The predicted molar refractivity (Wildman–Crippen MR) is 147 cm³/mol. The molecular weight excluding hydrogens is 456 g/mol. The molecule has 0 atom stereocenters. The van der Waals surface area contributed by atoms with Gasteiger partial charge < -0.3 is 10.6 Å². The number of thioether (sulfide) groups is 1. The van der Waals surface area contributed by atoms with Crippen molar-refractivity contribution in [2.24, 2.45) is 0 Å². The molecule has 5 rings (SSSR count). The highest BCUT2D eigenvalue weighted by atomic mass is 32.2. The maximum atomic E-state index is 12.9. The fraction of sp³-hybridized carbons (Fsp3) is 0.103. The average molecular weight is 481 g/mol. The summed E-state index contributed by atoms with van der Waals surface area (Å²) in [6.45, 7) is 2.05. The summed E-state index contributed by atoms with van der Waals surface area (Å²) in [5.41, 5.74) is 8.90. The second-order valence-corrected chi connectivity index (χ2v) is 9.85. The number of hydrogen-bond donors (Lipinski definition) is 2. The highest BCUT2D eigenvalue weighted by Crippen LogP contribution is 2.37. The Kier molecular flexibility index (Phi) is 6.48. The zero-order valence-electron chi connectivity index (χ0n) is 18.8. The van der Waals surface area contributed by atoms with Crippen molar-refractivity contribution in [2.45, 2.75) is 18.2 Å². The first kappa shape index (κ1) is 22.4. The lowest BCUT2D eigenvalue weighted by atomic mass is 10.0. The van der Waals surface area contributed by atoms with Gasteiger partial charge in [0.15, 0.2) is 10.9 Å². The van der Waals surface area contributed by atoms with Gasteiger partial charge in [0.2, 0.25) is 0 Å². The van der Waals surface area contributed by atoms with E-state index < -0.39 is 0 Å². The number of ketones is 1. The summed E-state index contributed by atoms with van der Waals surface area (Å²) in [4.78, 5) is 13.9. The molecule has 34 heavy (non-hydrogen) atoms. The van der Waals surface area contributed by atoms with E-state index in [1.807, 2.05) is 54.6 Å². The van der Waals surface area contributed by atoms with Gasteiger partial charge in [-0.25, -0.2) is 0 Å². The Balaban J connectivity index is 1.19. The van der Waals surface area contributed by atoms with Crippen LogP contribution in [0, 0.1) is 6.92 Å². The second-order valence-electron chi connectivity index (χ2n) is 8.39. The van der Waals surface area contributed by atoms with E-state index in [4.69, 9.17) is 12.2 Å². The third-order valence-corrected chi connectivity index (χ3v) is 7.08. The van der Waals surface area contributed by atoms with Crippen molar-refractivity contribution in [2.75, 3.05) is 16.4 Å². The molecule has 0 saturated carbocycles.